The molecule has 23 heavy (non-hydrogen) atoms. The van der Waals surface area contributed by atoms with Gasteiger partial charge in [-0.25, -0.2) is 0 Å². The largest absolute Gasteiger partial charge is 0.388 e. The number of nitrogens with one attached hydrogen (secondary N) is 3. The van der Waals surface area contributed by atoms with E-state index in [2.05, 4.69) is 41.1 Å². The van der Waals surface area contributed by atoms with E-state index in [1.54, 1.807) is 11.3 Å². The van der Waals surface area contributed by atoms with Crippen molar-refractivity contribution in [2.24, 2.45) is 0 Å². The van der Waals surface area contributed by atoms with E-state index in [1.807, 2.05) is 34.1 Å². The van der Waals surface area contributed by atoms with Crippen molar-refractivity contribution in [1.82, 2.24) is 4.98 Å². The van der Waals surface area contributed by atoms with E-state index < -0.39 is 0 Å². The third-order valence-electron chi connectivity index (χ3n) is 3.98. The van der Waals surface area contributed by atoms with Gasteiger partial charge in [0.2, 0.25) is 0 Å². The molecule has 0 saturated carbocycles. The number of anilines is 3. The summed E-state index contributed by atoms with van der Waals surface area (Å²) in [7, 11) is 5.83. The molecule has 4 nitrogen and oxygen atoms in total. The van der Waals surface area contributed by atoms with Gasteiger partial charge >= 0.3 is 0 Å². The smallest absolute Gasteiger partial charge is 0.0901 e. The van der Waals surface area contributed by atoms with Crippen molar-refractivity contribution in [3.8, 4) is 11.1 Å². The average Bonchev–Trinajstić information content (AvgIpc) is 2.88. The molecule has 0 amide bonds. The second kappa shape index (κ2) is 6.08. The van der Waals surface area contributed by atoms with Crippen molar-refractivity contribution in [1.29, 1.82) is 0 Å². The van der Waals surface area contributed by atoms with E-state index in [-0.39, 0.29) is 0 Å². The Labute approximate surface area is 141 Å². The fourth-order valence-electron chi connectivity index (χ4n) is 2.86. The normalized spacial score (nSPS) is 10.8. The highest BCUT2D eigenvalue weighted by molar-refractivity contribution is 7.19. The molecular formula is C18H21N4S. The highest BCUT2D eigenvalue weighted by atomic mass is 32.1. The van der Waals surface area contributed by atoms with Crippen LogP contribution in [-0.2, 0) is 0 Å². The second-order valence-corrected chi connectivity index (χ2v) is 6.67. The minimum absolute atomic E-state index is 0.986. The van der Waals surface area contributed by atoms with Crippen LogP contribution in [0.15, 0.2) is 18.2 Å². The molecular weight excluding hydrogens is 304 g/mol. The SMILES string of the molecule is CNc1cc(NC)c(-c2c(C)sc3[c]cc(C)nc23)c(NC)c1. The molecule has 0 spiro atoms. The Balaban J connectivity index is 2.38. The number of nitrogens with zero attached hydrogens (tertiary/aromatic N) is 1. The highest BCUT2D eigenvalue weighted by Crippen LogP contribution is 2.45. The summed E-state index contributed by atoms with van der Waals surface area (Å²) < 4.78 is 1.10. The molecule has 5 heteroatoms. The molecule has 2 heterocycles. The Hall–Kier alpha value is -2.27. The molecule has 0 aliphatic rings. The van der Waals surface area contributed by atoms with E-state index in [0.717, 1.165) is 38.5 Å². The molecule has 2 aromatic heterocycles. The predicted octanol–water partition coefficient (Wildman–Crippen LogP) is 4.51. The van der Waals surface area contributed by atoms with Crippen molar-refractivity contribution in [3.05, 3.63) is 34.8 Å². The summed E-state index contributed by atoms with van der Waals surface area (Å²) in [6.07, 6.45) is 0. The van der Waals surface area contributed by atoms with Crippen LogP contribution in [0, 0.1) is 19.9 Å². The first-order chi connectivity index (χ1) is 11.1. The number of aromatic nitrogens is 1. The minimum Gasteiger partial charge on any atom is -0.388 e. The lowest BCUT2D eigenvalue weighted by Crippen LogP contribution is -2.01. The number of thiophene rings is 1. The zero-order valence-corrected chi connectivity index (χ0v) is 14.9. The number of aryl methyl sites for hydroxylation is 2. The standard InChI is InChI=1S/C18H21N4S/c1-10-6-7-15-18(22-10)16(11(2)23-15)17-13(20-4)8-12(19-3)9-14(17)21-5/h6,8-9,19-21H,1-5H3. The third-order valence-corrected chi connectivity index (χ3v) is 5.00. The molecule has 0 saturated heterocycles. The maximum absolute atomic E-state index is 4.77. The van der Waals surface area contributed by atoms with Crippen molar-refractivity contribution in [2.75, 3.05) is 37.1 Å². The first kappa shape index (κ1) is 15.6. The number of benzene rings is 1. The predicted molar refractivity (Wildman–Crippen MR) is 102 cm³/mol. The van der Waals surface area contributed by atoms with Gasteiger partial charge in [-0.3, -0.25) is 4.98 Å². The summed E-state index contributed by atoms with van der Waals surface area (Å²) in [6.45, 7) is 4.16. The summed E-state index contributed by atoms with van der Waals surface area (Å²) in [5.74, 6) is 0. The topological polar surface area (TPSA) is 49.0 Å². The van der Waals surface area contributed by atoms with Gasteiger partial charge < -0.3 is 16.0 Å². The van der Waals surface area contributed by atoms with Crippen LogP contribution < -0.4 is 16.0 Å². The van der Waals surface area contributed by atoms with E-state index in [9.17, 15) is 0 Å². The van der Waals surface area contributed by atoms with Crippen LogP contribution in [0.3, 0.4) is 0 Å². The van der Waals surface area contributed by atoms with E-state index in [4.69, 9.17) is 4.98 Å². The fraction of sp³-hybridized carbons (Fsp3) is 0.278. The Morgan fingerprint density at radius 2 is 1.61 bits per heavy atom. The van der Waals surface area contributed by atoms with Crippen LogP contribution in [-0.4, -0.2) is 26.1 Å². The molecule has 1 aromatic carbocycles. The lowest BCUT2D eigenvalue weighted by Gasteiger charge is -2.17. The molecule has 0 bridgehead atoms. The van der Waals surface area contributed by atoms with Crippen LogP contribution in [0.4, 0.5) is 17.1 Å². The van der Waals surface area contributed by atoms with Crippen LogP contribution in [0.25, 0.3) is 21.3 Å². The quantitative estimate of drug-likeness (QED) is 0.661. The second-order valence-electron chi connectivity index (χ2n) is 5.45. The summed E-state index contributed by atoms with van der Waals surface area (Å²) in [5, 5.41) is 9.86. The zero-order chi connectivity index (χ0) is 16.6. The minimum atomic E-state index is 0.986. The van der Waals surface area contributed by atoms with E-state index in [0.29, 0.717) is 0 Å². The van der Waals surface area contributed by atoms with Gasteiger partial charge in [0.1, 0.15) is 0 Å². The average molecular weight is 325 g/mol. The highest BCUT2D eigenvalue weighted by Gasteiger charge is 2.19. The molecule has 0 unspecified atom stereocenters. The fourth-order valence-corrected chi connectivity index (χ4v) is 3.83. The Kier molecular flexibility index (Phi) is 4.13. The molecule has 0 aliphatic carbocycles. The lowest BCUT2D eigenvalue weighted by molar-refractivity contribution is 1.26. The molecule has 0 fully saturated rings. The van der Waals surface area contributed by atoms with Gasteiger partial charge in [0.25, 0.3) is 0 Å². The van der Waals surface area contributed by atoms with Gasteiger partial charge in [-0.1, -0.05) is 0 Å². The van der Waals surface area contributed by atoms with Crippen molar-refractivity contribution in [3.63, 3.8) is 0 Å². The molecule has 3 aromatic rings. The van der Waals surface area contributed by atoms with Crippen molar-refractivity contribution >= 4 is 38.6 Å². The molecule has 1 radical (unpaired) electrons. The van der Waals surface area contributed by atoms with Crippen LogP contribution in [0.2, 0.25) is 0 Å². The molecule has 0 atom stereocenters. The molecule has 119 valence electrons. The number of hydrogen-bond acceptors (Lipinski definition) is 5. The van der Waals surface area contributed by atoms with Crippen LogP contribution >= 0.6 is 11.3 Å². The number of rotatable bonds is 4. The van der Waals surface area contributed by atoms with Crippen LogP contribution in [0.5, 0.6) is 0 Å². The van der Waals surface area contributed by atoms with Crippen LogP contribution in [0.1, 0.15) is 10.6 Å². The van der Waals surface area contributed by atoms with E-state index in [1.165, 1.54) is 10.4 Å². The Morgan fingerprint density at radius 3 is 2.17 bits per heavy atom. The summed E-state index contributed by atoms with van der Waals surface area (Å²) >= 11 is 1.74. The van der Waals surface area contributed by atoms with Gasteiger partial charge in [0.15, 0.2) is 0 Å². The summed E-state index contributed by atoms with van der Waals surface area (Å²) in [5.41, 5.74) is 7.57. The summed E-state index contributed by atoms with van der Waals surface area (Å²) in [4.78, 5) is 6.02. The van der Waals surface area contributed by atoms with Crippen molar-refractivity contribution < 1.29 is 0 Å². The van der Waals surface area contributed by atoms with Crippen molar-refractivity contribution in [2.45, 2.75) is 13.8 Å². The number of hydrogen-bond donors (Lipinski definition) is 3. The van der Waals surface area contributed by atoms with E-state index >= 15 is 0 Å². The molecule has 3 rings (SSSR count). The Morgan fingerprint density at radius 1 is 0.957 bits per heavy atom. The lowest BCUT2D eigenvalue weighted by atomic mass is 9.99. The van der Waals surface area contributed by atoms with Gasteiger partial charge in [0.05, 0.1) is 10.2 Å². The molecule has 3 N–H and O–H groups in total. The van der Waals surface area contributed by atoms with Gasteiger partial charge in [-0.05, 0) is 32.0 Å². The van der Waals surface area contributed by atoms with Gasteiger partial charge in [-0.2, -0.15) is 0 Å². The number of fused-ring (bicyclic) bond motifs is 1. The molecule has 0 aliphatic heterocycles. The van der Waals surface area contributed by atoms with Gasteiger partial charge in [0, 0.05) is 66.0 Å². The third kappa shape index (κ3) is 2.61. The summed E-state index contributed by atoms with van der Waals surface area (Å²) in [6, 6.07) is 9.55. The maximum Gasteiger partial charge on any atom is 0.0901 e. The zero-order valence-electron chi connectivity index (χ0n) is 14.1. The first-order valence-corrected chi connectivity index (χ1v) is 8.40. The van der Waals surface area contributed by atoms with Gasteiger partial charge in [-0.15, -0.1) is 11.3 Å². The first-order valence-electron chi connectivity index (χ1n) is 7.59. The number of pyridine rings is 1. The monoisotopic (exact) mass is 325 g/mol. The Bertz CT molecular complexity index is 842. The maximum atomic E-state index is 4.77.